The lowest BCUT2D eigenvalue weighted by atomic mass is 10.1. The van der Waals surface area contributed by atoms with Crippen molar-refractivity contribution >= 4 is 0 Å². The fourth-order valence-corrected chi connectivity index (χ4v) is 3.53. The standard InChI is InChI=1S/C19H28N4/c1-21-12-8-17(14-21)15-23-11-5-7-19(9-13-23)22(2)16-18-6-3-4-10-20-18/h3-4,6,8,10,12,14,19H,5,7,9,11,13,15-16H2,1-2H3/t19-/m1/s1. The zero-order valence-electron chi connectivity index (χ0n) is 14.4. The summed E-state index contributed by atoms with van der Waals surface area (Å²) in [4.78, 5) is 9.54. The molecule has 0 aliphatic carbocycles. The number of likely N-dealkylation sites (tertiary alicyclic amines) is 1. The molecule has 3 rings (SSSR count). The highest BCUT2D eigenvalue weighted by Crippen LogP contribution is 2.19. The van der Waals surface area contributed by atoms with E-state index in [1.54, 1.807) is 0 Å². The first-order valence-corrected chi connectivity index (χ1v) is 8.64. The van der Waals surface area contributed by atoms with Gasteiger partial charge in [-0.05, 0) is 63.2 Å². The predicted molar refractivity (Wildman–Crippen MR) is 94.0 cm³/mol. The van der Waals surface area contributed by atoms with Gasteiger partial charge in [0.25, 0.3) is 0 Å². The first kappa shape index (κ1) is 16.2. The summed E-state index contributed by atoms with van der Waals surface area (Å²) in [7, 11) is 4.33. The van der Waals surface area contributed by atoms with Crippen LogP contribution in [0.2, 0.25) is 0 Å². The third-order valence-electron chi connectivity index (χ3n) is 4.85. The molecule has 23 heavy (non-hydrogen) atoms. The van der Waals surface area contributed by atoms with Gasteiger partial charge in [-0.3, -0.25) is 14.8 Å². The van der Waals surface area contributed by atoms with E-state index in [-0.39, 0.29) is 0 Å². The fraction of sp³-hybridized carbons (Fsp3) is 0.526. The topological polar surface area (TPSA) is 24.3 Å². The Morgan fingerprint density at radius 3 is 2.87 bits per heavy atom. The predicted octanol–water partition coefficient (Wildman–Crippen LogP) is 2.91. The Bertz CT molecular complexity index is 592. The zero-order valence-corrected chi connectivity index (χ0v) is 14.4. The molecular formula is C19H28N4. The van der Waals surface area contributed by atoms with E-state index in [9.17, 15) is 0 Å². The van der Waals surface area contributed by atoms with Crippen molar-refractivity contribution in [1.29, 1.82) is 0 Å². The van der Waals surface area contributed by atoms with Gasteiger partial charge in [0.1, 0.15) is 0 Å². The number of hydrogen-bond donors (Lipinski definition) is 0. The maximum Gasteiger partial charge on any atom is 0.0543 e. The summed E-state index contributed by atoms with van der Waals surface area (Å²) in [5, 5.41) is 0. The van der Waals surface area contributed by atoms with Crippen molar-refractivity contribution in [1.82, 2.24) is 19.4 Å². The van der Waals surface area contributed by atoms with Crippen LogP contribution in [0.5, 0.6) is 0 Å². The van der Waals surface area contributed by atoms with Crippen LogP contribution < -0.4 is 0 Å². The number of nitrogens with zero attached hydrogens (tertiary/aromatic N) is 4. The van der Waals surface area contributed by atoms with E-state index in [0.29, 0.717) is 6.04 Å². The molecule has 0 aromatic carbocycles. The molecule has 0 unspecified atom stereocenters. The normalized spacial score (nSPS) is 19.9. The van der Waals surface area contributed by atoms with Crippen LogP contribution in [0, 0.1) is 0 Å². The number of aromatic nitrogens is 2. The summed E-state index contributed by atoms with van der Waals surface area (Å²) < 4.78 is 2.14. The molecular weight excluding hydrogens is 284 g/mol. The highest BCUT2D eigenvalue weighted by molar-refractivity contribution is 5.09. The molecule has 0 amide bonds. The Kier molecular flexibility index (Phi) is 5.47. The number of rotatable bonds is 5. The Hall–Kier alpha value is -1.65. The van der Waals surface area contributed by atoms with Crippen molar-refractivity contribution in [3.63, 3.8) is 0 Å². The van der Waals surface area contributed by atoms with Crippen LogP contribution >= 0.6 is 0 Å². The molecule has 0 saturated carbocycles. The summed E-state index contributed by atoms with van der Waals surface area (Å²) in [5.41, 5.74) is 2.59. The molecule has 1 fully saturated rings. The summed E-state index contributed by atoms with van der Waals surface area (Å²) in [6.45, 7) is 4.43. The van der Waals surface area contributed by atoms with Gasteiger partial charge in [0.05, 0.1) is 5.69 Å². The molecule has 1 atom stereocenters. The van der Waals surface area contributed by atoms with Crippen molar-refractivity contribution < 1.29 is 0 Å². The molecule has 3 heterocycles. The second-order valence-corrected chi connectivity index (χ2v) is 6.78. The summed E-state index contributed by atoms with van der Waals surface area (Å²) in [5.74, 6) is 0. The molecule has 2 aromatic rings. The molecule has 2 aromatic heterocycles. The zero-order chi connectivity index (χ0) is 16.1. The second-order valence-electron chi connectivity index (χ2n) is 6.78. The number of aryl methyl sites for hydroxylation is 1. The summed E-state index contributed by atoms with van der Waals surface area (Å²) >= 11 is 0. The Balaban J connectivity index is 1.51. The van der Waals surface area contributed by atoms with Gasteiger partial charge in [-0.15, -0.1) is 0 Å². The quantitative estimate of drug-likeness (QED) is 0.848. The van der Waals surface area contributed by atoms with Crippen molar-refractivity contribution in [2.75, 3.05) is 20.1 Å². The van der Waals surface area contributed by atoms with Gasteiger partial charge < -0.3 is 4.57 Å². The number of pyridine rings is 1. The Labute approximate surface area is 139 Å². The SMILES string of the molecule is CN(Cc1ccccn1)[C@@H]1CCCN(Cc2ccn(C)c2)CC1. The van der Waals surface area contributed by atoms with Crippen LogP contribution in [-0.4, -0.2) is 45.5 Å². The highest BCUT2D eigenvalue weighted by Gasteiger charge is 2.20. The van der Waals surface area contributed by atoms with E-state index in [2.05, 4.69) is 64.0 Å². The molecule has 0 spiro atoms. The van der Waals surface area contributed by atoms with E-state index < -0.39 is 0 Å². The first-order valence-electron chi connectivity index (χ1n) is 8.64. The average Bonchev–Trinajstić information content (AvgIpc) is 2.82. The largest absolute Gasteiger partial charge is 0.357 e. The lowest BCUT2D eigenvalue weighted by Gasteiger charge is -2.27. The van der Waals surface area contributed by atoms with Gasteiger partial charge >= 0.3 is 0 Å². The minimum atomic E-state index is 0.665. The summed E-state index contributed by atoms with van der Waals surface area (Å²) in [6, 6.07) is 9.07. The molecule has 1 aliphatic heterocycles. The minimum Gasteiger partial charge on any atom is -0.357 e. The first-order chi connectivity index (χ1) is 11.2. The van der Waals surface area contributed by atoms with Crippen molar-refractivity contribution in [3.05, 3.63) is 54.1 Å². The lowest BCUT2D eigenvalue weighted by molar-refractivity contribution is 0.204. The van der Waals surface area contributed by atoms with Gasteiger partial charge in [-0.25, -0.2) is 0 Å². The van der Waals surface area contributed by atoms with Crippen molar-refractivity contribution in [3.8, 4) is 0 Å². The second kappa shape index (κ2) is 7.75. The van der Waals surface area contributed by atoms with E-state index in [1.165, 1.54) is 43.6 Å². The third kappa shape index (κ3) is 4.66. The van der Waals surface area contributed by atoms with Crippen molar-refractivity contribution in [2.45, 2.75) is 38.4 Å². The molecule has 1 saturated heterocycles. The maximum atomic E-state index is 4.46. The average molecular weight is 312 g/mol. The van der Waals surface area contributed by atoms with Crippen LogP contribution in [0.15, 0.2) is 42.9 Å². The lowest BCUT2D eigenvalue weighted by Crippen LogP contribution is -2.32. The van der Waals surface area contributed by atoms with Crippen LogP contribution in [0.3, 0.4) is 0 Å². The van der Waals surface area contributed by atoms with E-state index in [1.807, 2.05) is 12.3 Å². The van der Waals surface area contributed by atoms with Gasteiger partial charge in [-0.2, -0.15) is 0 Å². The van der Waals surface area contributed by atoms with Gasteiger partial charge in [-0.1, -0.05) is 6.07 Å². The van der Waals surface area contributed by atoms with Crippen LogP contribution in [0.4, 0.5) is 0 Å². The van der Waals surface area contributed by atoms with Crippen LogP contribution in [-0.2, 0) is 20.1 Å². The smallest absolute Gasteiger partial charge is 0.0543 e. The minimum absolute atomic E-state index is 0.665. The third-order valence-corrected chi connectivity index (χ3v) is 4.85. The molecule has 4 heteroatoms. The Morgan fingerprint density at radius 2 is 2.13 bits per heavy atom. The van der Waals surface area contributed by atoms with Crippen molar-refractivity contribution in [2.24, 2.45) is 7.05 Å². The van der Waals surface area contributed by atoms with Crippen LogP contribution in [0.1, 0.15) is 30.5 Å². The highest BCUT2D eigenvalue weighted by atomic mass is 15.2. The Morgan fingerprint density at radius 1 is 1.22 bits per heavy atom. The van der Waals surface area contributed by atoms with E-state index in [0.717, 1.165) is 13.1 Å². The maximum absolute atomic E-state index is 4.46. The van der Waals surface area contributed by atoms with E-state index >= 15 is 0 Å². The molecule has 0 bridgehead atoms. The van der Waals surface area contributed by atoms with Gasteiger partial charge in [0, 0.05) is 44.8 Å². The van der Waals surface area contributed by atoms with Gasteiger partial charge in [0.15, 0.2) is 0 Å². The molecule has 4 nitrogen and oxygen atoms in total. The molecule has 0 radical (unpaired) electrons. The monoisotopic (exact) mass is 312 g/mol. The molecule has 124 valence electrons. The fourth-order valence-electron chi connectivity index (χ4n) is 3.53. The molecule has 0 N–H and O–H groups in total. The van der Waals surface area contributed by atoms with E-state index in [4.69, 9.17) is 0 Å². The van der Waals surface area contributed by atoms with Gasteiger partial charge in [0.2, 0.25) is 0 Å². The van der Waals surface area contributed by atoms with Crippen LogP contribution in [0.25, 0.3) is 0 Å². The number of hydrogen-bond acceptors (Lipinski definition) is 3. The molecule has 1 aliphatic rings. The summed E-state index contributed by atoms with van der Waals surface area (Å²) in [6.07, 6.45) is 10.1.